The van der Waals surface area contributed by atoms with Crippen molar-refractivity contribution in [3.05, 3.63) is 35.1 Å². The van der Waals surface area contributed by atoms with Gasteiger partial charge < -0.3 is 10.2 Å². The molecule has 0 spiro atoms. The maximum Gasteiger partial charge on any atom is 0.124 e. The first-order valence-electron chi connectivity index (χ1n) is 6.77. The van der Waals surface area contributed by atoms with Gasteiger partial charge in [-0.2, -0.15) is 5.26 Å². The van der Waals surface area contributed by atoms with Crippen molar-refractivity contribution in [2.45, 2.75) is 19.4 Å². The van der Waals surface area contributed by atoms with Gasteiger partial charge in [-0.05, 0) is 56.6 Å². The van der Waals surface area contributed by atoms with Crippen LogP contribution in [0.2, 0.25) is 0 Å². The van der Waals surface area contributed by atoms with E-state index in [0.29, 0.717) is 12.1 Å². The molecule has 3 nitrogen and oxygen atoms in total. The van der Waals surface area contributed by atoms with Gasteiger partial charge in [0.15, 0.2) is 0 Å². The Hall–Kier alpha value is -1.44. The minimum atomic E-state index is -0.346. The fraction of sp³-hybridized carbons (Fsp3) is 0.533. The highest BCUT2D eigenvalue weighted by molar-refractivity contribution is 5.37. The Morgan fingerprint density at radius 2 is 2.16 bits per heavy atom. The second-order valence-corrected chi connectivity index (χ2v) is 5.30. The fourth-order valence-electron chi connectivity index (χ4n) is 2.65. The molecule has 0 unspecified atom stereocenters. The van der Waals surface area contributed by atoms with Gasteiger partial charge in [0, 0.05) is 13.1 Å². The van der Waals surface area contributed by atoms with E-state index in [4.69, 9.17) is 5.26 Å². The van der Waals surface area contributed by atoms with Crippen molar-refractivity contribution in [1.29, 1.82) is 5.26 Å². The van der Waals surface area contributed by atoms with E-state index in [9.17, 15) is 4.39 Å². The third-order valence-corrected chi connectivity index (χ3v) is 3.66. The predicted octanol–water partition coefficient (Wildman–Crippen LogP) is 2.13. The Balaban J connectivity index is 1.94. The highest BCUT2D eigenvalue weighted by Gasteiger charge is 2.15. The molecule has 0 aromatic heterocycles. The normalized spacial score (nSPS) is 16.5. The largest absolute Gasteiger partial charge is 0.317 e. The maximum atomic E-state index is 13.1. The van der Waals surface area contributed by atoms with Crippen molar-refractivity contribution in [1.82, 2.24) is 10.2 Å². The first-order chi connectivity index (χ1) is 9.19. The fourth-order valence-corrected chi connectivity index (χ4v) is 2.65. The third-order valence-electron chi connectivity index (χ3n) is 3.66. The number of rotatable bonds is 4. The van der Waals surface area contributed by atoms with Crippen LogP contribution in [-0.4, -0.2) is 31.6 Å². The number of nitriles is 1. The van der Waals surface area contributed by atoms with Crippen LogP contribution in [0.1, 0.15) is 24.0 Å². The van der Waals surface area contributed by atoms with Crippen LogP contribution in [0, 0.1) is 23.1 Å². The monoisotopic (exact) mass is 261 g/mol. The molecule has 0 saturated carbocycles. The molecule has 1 fully saturated rings. The summed E-state index contributed by atoms with van der Waals surface area (Å²) < 4.78 is 13.1. The molecule has 2 rings (SSSR count). The van der Waals surface area contributed by atoms with Gasteiger partial charge in [-0.1, -0.05) is 6.07 Å². The van der Waals surface area contributed by atoms with Crippen LogP contribution < -0.4 is 5.32 Å². The van der Waals surface area contributed by atoms with E-state index in [1.54, 1.807) is 6.07 Å². The maximum absolute atomic E-state index is 13.1. The Labute approximate surface area is 114 Å². The van der Waals surface area contributed by atoms with Crippen molar-refractivity contribution in [3.63, 3.8) is 0 Å². The Morgan fingerprint density at radius 1 is 1.42 bits per heavy atom. The zero-order valence-corrected chi connectivity index (χ0v) is 11.3. The lowest BCUT2D eigenvalue weighted by Crippen LogP contribution is -2.34. The zero-order chi connectivity index (χ0) is 13.7. The van der Waals surface area contributed by atoms with Crippen molar-refractivity contribution < 1.29 is 4.39 Å². The molecular formula is C15H20FN3. The van der Waals surface area contributed by atoms with Crippen LogP contribution in [0.3, 0.4) is 0 Å². The summed E-state index contributed by atoms with van der Waals surface area (Å²) in [7, 11) is 2.06. The molecule has 0 aliphatic carbocycles. The molecule has 102 valence electrons. The quantitative estimate of drug-likeness (QED) is 0.902. The van der Waals surface area contributed by atoms with E-state index in [-0.39, 0.29) is 5.82 Å². The molecule has 1 aromatic rings. The highest BCUT2D eigenvalue weighted by Crippen LogP contribution is 2.16. The lowest BCUT2D eigenvalue weighted by atomic mass is 9.97. The van der Waals surface area contributed by atoms with Crippen LogP contribution in [0.25, 0.3) is 0 Å². The van der Waals surface area contributed by atoms with E-state index in [0.717, 1.165) is 31.1 Å². The van der Waals surface area contributed by atoms with E-state index >= 15 is 0 Å². The van der Waals surface area contributed by atoms with Crippen molar-refractivity contribution in [3.8, 4) is 6.07 Å². The van der Waals surface area contributed by atoms with Gasteiger partial charge in [0.05, 0.1) is 11.6 Å². The molecule has 1 N–H and O–H groups in total. The number of hydrogen-bond acceptors (Lipinski definition) is 3. The summed E-state index contributed by atoms with van der Waals surface area (Å²) >= 11 is 0. The lowest BCUT2D eigenvalue weighted by molar-refractivity contribution is 0.234. The van der Waals surface area contributed by atoms with Crippen LogP contribution in [-0.2, 0) is 6.54 Å². The van der Waals surface area contributed by atoms with Crippen molar-refractivity contribution >= 4 is 0 Å². The first-order valence-corrected chi connectivity index (χ1v) is 6.77. The van der Waals surface area contributed by atoms with Gasteiger partial charge in [-0.3, -0.25) is 0 Å². The molecule has 0 radical (unpaired) electrons. The molecule has 1 aliphatic heterocycles. The van der Waals surface area contributed by atoms with Crippen LogP contribution in [0.5, 0.6) is 0 Å². The van der Waals surface area contributed by atoms with Crippen LogP contribution in [0.4, 0.5) is 4.39 Å². The molecule has 1 aromatic carbocycles. The standard InChI is InChI=1S/C15H20FN3/c1-19(10-12-4-6-18-7-5-12)11-13-2-3-15(16)8-14(13)9-17/h2-3,8,12,18H,4-7,10-11H2,1H3. The van der Waals surface area contributed by atoms with Crippen LogP contribution >= 0.6 is 0 Å². The summed E-state index contributed by atoms with van der Waals surface area (Å²) in [6, 6.07) is 6.52. The average molecular weight is 261 g/mol. The van der Waals surface area contributed by atoms with Gasteiger partial charge in [0.25, 0.3) is 0 Å². The first kappa shape index (κ1) is 14.0. The van der Waals surface area contributed by atoms with Gasteiger partial charge in [0.1, 0.15) is 5.82 Å². The summed E-state index contributed by atoms with van der Waals surface area (Å²) in [5.74, 6) is 0.374. The number of nitrogens with zero attached hydrogens (tertiary/aromatic N) is 2. The van der Waals surface area contributed by atoms with E-state index in [2.05, 4.69) is 23.3 Å². The van der Waals surface area contributed by atoms with Gasteiger partial charge >= 0.3 is 0 Å². The smallest absolute Gasteiger partial charge is 0.124 e. The summed E-state index contributed by atoms with van der Waals surface area (Å²) in [6.07, 6.45) is 2.41. The van der Waals surface area contributed by atoms with Crippen LogP contribution in [0.15, 0.2) is 18.2 Å². The Bertz CT molecular complexity index is 461. The van der Waals surface area contributed by atoms with E-state index < -0.39 is 0 Å². The van der Waals surface area contributed by atoms with E-state index in [1.165, 1.54) is 25.0 Å². The molecular weight excluding hydrogens is 241 g/mol. The second kappa shape index (κ2) is 6.65. The number of nitrogens with one attached hydrogen (secondary N) is 1. The Kier molecular flexibility index (Phi) is 4.89. The third kappa shape index (κ3) is 4.02. The minimum Gasteiger partial charge on any atom is -0.317 e. The molecule has 4 heteroatoms. The van der Waals surface area contributed by atoms with Gasteiger partial charge in [-0.25, -0.2) is 4.39 Å². The molecule has 1 heterocycles. The van der Waals surface area contributed by atoms with E-state index in [1.807, 2.05) is 0 Å². The molecule has 0 amide bonds. The summed E-state index contributed by atoms with van der Waals surface area (Å²) in [4.78, 5) is 2.23. The summed E-state index contributed by atoms with van der Waals surface area (Å²) in [6.45, 7) is 3.92. The predicted molar refractivity (Wildman–Crippen MR) is 73.0 cm³/mol. The topological polar surface area (TPSA) is 39.1 Å². The average Bonchev–Trinajstić information content (AvgIpc) is 2.42. The summed E-state index contributed by atoms with van der Waals surface area (Å²) in [5, 5.41) is 12.4. The number of halogens is 1. The van der Waals surface area contributed by atoms with Gasteiger partial charge in [0.2, 0.25) is 0 Å². The molecule has 19 heavy (non-hydrogen) atoms. The molecule has 0 bridgehead atoms. The zero-order valence-electron chi connectivity index (χ0n) is 11.3. The Morgan fingerprint density at radius 3 is 2.84 bits per heavy atom. The minimum absolute atomic E-state index is 0.346. The number of piperidine rings is 1. The molecule has 0 atom stereocenters. The number of benzene rings is 1. The molecule has 1 saturated heterocycles. The number of hydrogen-bond donors (Lipinski definition) is 1. The lowest BCUT2D eigenvalue weighted by Gasteiger charge is -2.27. The van der Waals surface area contributed by atoms with Crippen molar-refractivity contribution in [2.75, 3.05) is 26.7 Å². The van der Waals surface area contributed by atoms with Gasteiger partial charge in [-0.15, -0.1) is 0 Å². The molecule has 1 aliphatic rings. The highest BCUT2D eigenvalue weighted by atomic mass is 19.1. The second-order valence-electron chi connectivity index (χ2n) is 5.30. The van der Waals surface area contributed by atoms with Crippen molar-refractivity contribution in [2.24, 2.45) is 5.92 Å². The SMILES string of the molecule is CN(Cc1ccc(F)cc1C#N)CC1CCNCC1. The summed E-state index contributed by atoms with van der Waals surface area (Å²) in [5.41, 5.74) is 1.34.